The van der Waals surface area contributed by atoms with E-state index in [1.807, 2.05) is 6.07 Å². The molecule has 0 saturated heterocycles. The average Bonchev–Trinajstić information content (AvgIpc) is 2.18. The SMILES string of the molecule is CCCC[C@@H](N)c1ccc(Br)c(F)c1.Cl. The second kappa shape index (κ2) is 7.20. The van der Waals surface area contributed by atoms with Crippen molar-refractivity contribution in [1.82, 2.24) is 0 Å². The Hall–Kier alpha value is -0.120. The summed E-state index contributed by atoms with van der Waals surface area (Å²) in [6.07, 6.45) is 3.11. The lowest BCUT2D eigenvalue weighted by Gasteiger charge is -2.11. The van der Waals surface area contributed by atoms with Gasteiger partial charge in [-0.3, -0.25) is 0 Å². The third kappa shape index (κ3) is 4.49. The molecule has 1 aromatic carbocycles. The van der Waals surface area contributed by atoms with E-state index in [0.717, 1.165) is 24.8 Å². The van der Waals surface area contributed by atoms with Gasteiger partial charge < -0.3 is 5.73 Å². The van der Waals surface area contributed by atoms with Crippen LogP contribution in [0.2, 0.25) is 0 Å². The van der Waals surface area contributed by atoms with E-state index in [1.54, 1.807) is 6.07 Å². The van der Waals surface area contributed by atoms with Crippen LogP contribution in [-0.4, -0.2) is 0 Å². The quantitative estimate of drug-likeness (QED) is 0.885. The molecule has 1 aromatic rings. The van der Waals surface area contributed by atoms with Gasteiger partial charge in [-0.05, 0) is 40.0 Å². The summed E-state index contributed by atoms with van der Waals surface area (Å²) in [6, 6.07) is 5.03. The zero-order valence-electron chi connectivity index (χ0n) is 8.67. The molecule has 2 N–H and O–H groups in total. The van der Waals surface area contributed by atoms with Crippen molar-refractivity contribution in [3.05, 3.63) is 34.1 Å². The fourth-order valence-corrected chi connectivity index (χ4v) is 1.58. The maximum absolute atomic E-state index is 13.2. The van der Waals surface area contributed by atoms with Gasteiger partial charge in [0.15, 0.2) is 0 Å². The molecule has 0 bridgehead atoms. The van der Waals surface area contributed by atoms with Gasteiger partial charge in [-0.15, -0.1) is 12.4 Å². The molecule has 1 rings (SSSR count). The fourth-order valence-electron chi connectivity index (χ4n) is 1.33. The zero-order chi connectivity index (χ0) is 10.6. The predicted molar refractivity (Wildman–Crippen MR) is 67.8 cm³/mol. The van der Waals surface area contributed by atoms with Crippen LogP contribution in [0.4, 0.5) is 4.39 Å². The Morgan fingerprint density at radius 3 is 2.67 bits per heavy atom. The van der Waals surface area contributed by atoms with Crippen LogP contribution in [0.25, 0.3) is 0 Å². The van der Waals surface area contributed by atoms with Crippen molar-refractivity contribution in [2.45, 2.75) is 32.2 Å². The van der Waals surface area contributed by atoms with Crippen LogP contribution >= 0.6 is 28.3 Å². The van der Waals surface area contributed by atoms with Crippen molar-refractivity contribution in [1.29, 1.82) is 0 Å². The Kier molecular flexibility index (Phi) is 7.14. The van der Waals surface area contributed by atoms with E-state index in [0.29, 0.717) is 4.47 Å². The van der Waals surface area contributed by atoms with E-state index in [1.165, 1.54) is 6.07 Å². The summed E-state index contributed by atoms with van der Waals surface area (Å²) < 4.78 is 13.6. The Bertz CT molecular complexity index is 307. The number of unbranched alkanes of at least 4 members (excludes halogenated alkanes) is 1. The second-order valence-corrected chi connectivity index (χ2v) is 4.28. The number of hydrogen-bond acceptors (Lipinski definition) is 1. The van der Waals surface area contributed by atoms with Gasteiger partial charge in [0.05, 0.1) is 4.47 Å². The molecule has 86 valence electrons. The average molecular weight is 297 g/mol. The summed E-state index contributed by atoms with van der Waals surface area (Å²) in [5.74, 6) is -0.241. The first-order chi connectivity index (χ1) is 6.65. The number of rotatable bonds is 4. The molecule has 0 aliphatic carbocycles. The van der Waals surface area contributed by atoms with Gasteiger partial charge >= 0.3 is 0 Å². The minimum atomic E-state index is -0.241. The summed E-state index contributed by atoms with van der Waals surface area (Å²) in [4.78, 5) is 0. The van der Waals surface area contributed by atoms with Gasteiger partial charge in [0, 0.05) is 6.04 Å². The molecule has 15 heavy (non-hydrogen) atoms. The number of halogens is 3. The molecule has 0 unspecified atom stereocenters. The molecule has 0 spiro atoms. The first kappa shape index (κ1) is 14.9. The van der Waals surface area contributed by atoms with E-state index in [4.69, 9.17) is 5.73 Å². The highest BCUT2D eigenvalue weighted by Gasteiger charge is 2.07. The molecule has 0 aromatic heterocycles. The molecule has 0 saturated carbocycles. The van der Waals surface area contributed by atoms with Gasteiger partial charge in [0.2, 0.25) is 0 Å². The molecular formula is C11H16BrClFN. The van der Waals surface area contributed by atoms with E-state index >= 15 is 0 Å². The van der Waals surface area contributed by atoms with Crippen molar-refractivity contribution >= 4 is 28.3 Å². The van der Waals surface area contributed by atoms with Crippen molar-refractivity contribution in [2.24, 2.45) is 5.73 Å². The maximum Gasteiger partial charge on any atom is 0.137 e. The molecule has 0 radical (unpaired) electrons. The van der Waals surface area contributed by atoms with Gasteiger partial charge in [-0.25, -0.2) is 4.39 Å². The Balaban J connectivity index is 0.00000196. The highest BCUT2D eigenvalue weighted by Crippen LogP contribution is 2.22. The van der Waals surface area contributed by atoms with Crippen molar-refractivity contribution in [2.75, 3.05) is 0 Å². The number of benzene rings is 1. The first-order valence-corrected chi connectivity index (χ1v) is 5.65. The standard InChI is InChI=1S/C11H15BrFN.ClH/c1-2-3-4-11(14)8-5-6-9(12)10(13)7-8;/h5-7,11H,2-4,14H2,1H3;1H/t11-;/m1./s1. The van der Waals surface area contributed by atoms with Crippen LogP contribution in [0, 0.1) is 5.82 Å². The molecule has 0 aliphatic rings. The molecule has 1 nitrogen and oxygen atoms in total. The molecule has 4 heteroatoms. The Morgan fingerprint density at radius 2 is 2.13 bits per heavy atom. The molecule has 0 aliphatic heterocycles. The van der Waals surface area contributed by atoms with Gasteiger partial charge in [0.25, 0.3) is 0 Å². The predicted octanol–water partition coefficient (Wildman–Crippen LogP) is 4.20. The van der Waals surface area contributed by atoms with Crippen molar-refractivity contribution < 1.29 is 4.39 Å². The lowest BCUT2D eigenvalue weighted by Crippen LogP contribution is -2.10. The second-order valence-electron chi connectivity index (χ2n) is 3.42. The third-order valence-electron chi connectivity index (χ3n) is 2.24. The fraction of sp³-hybridized carbons (Fsp3) is 0.455. The molecular weight excluding hydrogens is 280 g/mol. The zero-order valence-corrected chi connectivity index (χ0v) is 11.1. The lowest BCUT2D eigenvalue weighted by molar-refractivity contribution is 0.586. The first-order valence-electron chi connectivity index (χ1n) is 4.85. The van der Waals surface area contributed by atoms with Gasteiger partial charge in [-0.2, -0.15) is 0 Å². The minimum Gasteiger partial charge on any atom is -0.324 e. The summed E-state index contributed by atoms with van der Waals surface area (Å²) >= 11 is 3.12. The van der Waals surface area contributed by atoms with E-state index in [9.17, 15) is 4.39 Å². The molecule has 1 atom stereocenters. The summed E-state index contributed by atoms with van der Waals surface area (Å²) in [5.41, 5.74) is 6.79. The van der Waals surface area contributed by atoms with Gasteiger partial charge in [0.1, 0.15) is 5.82 Å². The van der Waals surface area contributed by atoms with Crippen LogP contribution in [-0.2, 0) is 0 Å². The third-order valence-corrected chi connectivity index (χ3v) is 2.88. The molecule has 0 amide bonds. The maximum atomic E-state index is 13.2. The highest BCUT2D eigenvalue weighted by molar-refractivity contribution is 9.10. The largest absolute Gasteiger partial charge is 0.324 e. The monoisotopic (exact) mass is 295 g/mol. The number of nitrogens with two attached hydrogens (primary N) is 1. The van der Waals surface area contributed by atoms with Crippen LogP contribution in [0.15, 0.2) is 22.7 Å². The highest BCUT2D eigenvalue weighted by atomic mass is 79.9. The lowest BCUT2D eigenvalue weighted by atomic mass is 10.0. The smallest absolute Gasteiger partial charge is 0.137 e. The normalized spacial score (nSPS) is 12.0. The Labute approximate surface area is 105 Å². The minimum absolute atomic E-state index is 0. The van der Waals surface area contributed by atoms with Crippen LogP contribution in [0.5, 0.6) is 0 Å². The van der Waals surface area contributed by atoms with Gasteiger partial charge in [-0.1, -0.05) is 25.8 Å². The molecule has 0 fully saturated rings. The summed E-state index contributed by atoms with van der Waals surface area (Å²) in [7, 11) is 0. The number of hydrogen-bond donors (Lipinski definition) is 1. The van der Waals surface area contributed by atoms with Crippen molar-refractivity contribution in [3.8, 4) is 0 Å². The van der Waals surface area contributed by atoms with Crippen molar-refractivity contribution in [3.63, 3.8) is 0 Å². The van der Waals surface area contributed by atoms with E-state index < -0.39 is 0 Å². The molecule has 0 heterocycles. The van der Waals surface area contributed by atoms with E-state index in [-0.39, 0.29) is 24.3 Å². The van der Waals surface area contributed by atoms with Crippen LogP contribution in [0.3, 0.4) is 0 Å². The van der Waals surface area contributed by atoms with Crippen LogP contribution in [0.1, 0.15) is 37.8 Å². The summed E-state index contributed by atoms with van der Waals surface area (Å²) in [6.45, 7) is 2.12. The Morgan fingerprint density at radius 1 is 1.47 bits per heavy atom. The summed E-state index contributed by atoms with van der Waals surface area (Å²) in [5, 5.41) is 0. The van der Waals surface area contributed by atoms with E-state index in [2.05, 4.69) is 22.9 Å². The topological polar surface area (TPSA) is 26.0 Å². The van der Waals surface area contributed by atoms with Crippen LogP contribution < -0.4 is 5.73 Å².